The quantitative estimate of drug-likeness (QED) is 0.251. The molecule has 0 aliphatic heterocycles. The number of unbranched alkanes of at least 4 members (excludes halogenated alkanes) is 1. The second-order valence-corrected chi connectivity index (χ2v) is 7.28. The van der Waals surface area contributed by atoms with E-state index in [1.54, 1.807) is 24.3 Å². The zero-order chi connectivity index (χ0) is 21.2. The number of carbonyl (C=O) groups excluding carboxylic acids is 1. The molecule has 8 heteroatoms. The minimum Gasteiger partial charge on any atom is -0.481 e. The van der Waals surface area contributed by atoms with Crippen LogP contribution in [0.3, 0.4) is 0 Å². The smallest absolute Gasteiger partial charge is 0.352 e. The van der Waals surface area contributed by atoms with Gasteiger partial charge in [0.2, 0.25) is 5.91 Å². The van der Waals surface area contributed by atoms with E-state index in [1.165, 1.54) is 6.08 Å². The monoisotopic (exact) mass is 509 g/mol. The molecular weight excluding hydrogens is 489 g/mol. The number of aliphatic carboxylic acids is 2. The second kappa shape index (κ2) is 11.2. The first-order chi connectivity index (χ1) is 13.8. The fourth-order valence-electron chi connectivity index (χ4n) is 2.38. The predicted octanol–water partition coefficient (Wildman–Crippen LogP) is 4.27. The normalized spacial score (nSPS) is 11.0. The molecule has 0 aliphatic rings. The number of rotatable bonds is 10. The molecule has 0 aliphatic carbocycles. The number of halogens is 1. The van der Waals surface area contributed by atoms with E-state index in [9.17, 15) is 19.5 Å². The molecule has 0 atom stereocenters. The Hall–Kier alpha value is -2.88. The maximum atomic E-state index is 11.9. The molecule has 7 nitrogen and oxygen atoms in total. The van der Waals surface area contributed by atoms with Gasteiger partial charge in [-0.25, -0.2) is 4.79 Å². The summed E-state index contributed by atoms with van der Waals surface area (Å²) in [5.41, 5.74) is 0.336. The van der Waals surface area contributed by atoms with Crippen LogP contribution in [-0.4, -0.2) is 28.1 Å². The van der Waals surface area contributed by atoms with Crippen LogP contribution in [0.1, 0.15) is 31.2 Å². The van der Waals surface area contributed by atoms with Gasteiger partial charge in [0.25, 0.3) is 0 Å². The van der Waals surface area contributed by atoms with Crippen molar-refractivity contribution in [1.82, 2.24) is 5.32 Å². The van der Waals surface area contributed by atoms with Crippen LogP contribution in [0.25, 0.3) is 6.08 Å². The molecular formula is C21H20INO6. The molecule has 0 saturated heterocycles. The van der Waals surface area contributed by atoms with Gasteiger partial charge >= 0.3 is 11.9 Å². The van der Waals surface area contributed by atoms with Gasteiger partial charge in [-0.15, -0.1) is 0 Å². The predicted molar refractivity (Wildman–Crippen MR) is 116 cm³/mol. The number of hydrogen-bond acceptors (Lipinski definition) is 4. The van der Waals surface area contributed by atoms with Crippen molar-refractivity contribution < 1.29 is 29.3 Å². The lowest BCUT2D eigenvalue weighted by Crippen LogP contribution is -2.26. The first-order valence-electron chi connectivity index (χ1n) is 8.84. The third-order valence-corrected chi connectivity index (χ3v) is 4.70. The Morgan fingerprint density at radius 3 is 2.24 bits per heavy atom. The van der Waals surface area contributed by atoms with E-state index >= 15 is 0 Å². The van der Waals surface area contributed by atoms with Crippen LogP contribution >= 0.6 is 22.6 Å². The van der Waals surface area contributed by atoms with E-state index in [1.807, 2.05) is 24.3 Å². The summed E-state index contributed by atoms with van der Waals surface area (Å²) in [4.78, 5) is 33.8. The number of carboxylic acids is 2. The molecule has 29 heavy (non-hydrogen) atoms. The van der Waals surface area contributed by atoms with Crippen LogP contribution in [0.4, 0.5) is 0 Å². The Labute approximate surface area is 181 Å². The Morgan fingerprint density at radius 1 is 0.966 bits per heavy atom. The lowest BCUT2D eigenvalue weighted by molar-refractivity contribution is -0.137. The topological polar surface area (TPSA) is 113 Å². The van der Waals surface area contributed by atoms with Gasteiger partial charge < -0.3 is 20.3 Å². The van der Waals surface area contributed by atoms with Crippen LogP contribution in [0.15, 0.2) is 54.2 Å². The summed E-state index contributed by atoms with van der Waals surface area (Å²) in [6.07, 6.45) is 2.12. The van der Waals surface area contributed by atoms with Gasteiger partial charge in [-0.2, -0.15) is 0 Å². The fourth-order valence-corrected chi connectivity index (χ4v) is 2.88. The van der Waals surface area contributed by atoms with Crippen LogP contribution in [-0.2, 0) is 14.4 Å². The van der Waals surface area contributed by atoms with Gasteiger partial charge in [0, 0.05) is 12.8 Å². The van der Waals surface area contributed by atoms with E-state index in [0.717, 1.165) is 9.32 Å². The molecule has 1 amide bonds. The average molecular weight is 509 g/mol. The molecule has 0 saturated carbocycles. The SMILES string of the molecule is O=C(O)CCCCC(=O)N/C(=C\c1ccc(Oc2ccccc2I)cc1)C(=O)O. The summed E-state index contributed by atoms with van der Waals surface area (Å²) < 4.78 is 6.76. The van der Waals surface area contributed by atoms with E-state index < -0.39 is 17.8 Å². The molecule has 152 valence electrons. The Bertz CT molecular complexity index is 908. The Morgan fingerprint density at radius 2 is 1.62 bits per heavy atom. The molecule has 2 aromatic rings. The van der Waals surface area contributed by atoms with Crippen LogP contribution in [0.5, 0.6) is 11.5 Å². The zero-order valence-electron chi connectivity index (χ0n) is 15.4. The highest BCUT2D eigenvalue weighted by molar-refractivity contribution is 14.1. The number of hydrogen-bond donors (Lipinski definition) is 3. The van der Waals surface area contributed by atoms with E-state index in [4.69, 9.17) is 9.84 Å². The Kier molecular flexibility index (Phi) is 8.66. The van der Waals surface area contributed by atoms with Crippen molar-refractivity contribution in [2.45, 2.75) is 25.7 Å². The van der Waals surface area contributed by atoms with Gasteiger partial charge in [-0.3, -0.25) is 9.59 Å². The van der Waals surface area contributed by atoms with Crippen LogP contribution < -0.4 is 10.1 Å². The summed E-state index contributed by atoms with van der Waals surface area (Å²) in [5, 5.41) is 20.3. The first-order valence-corrected chi connectivity index (χ1v) is 9.92. The van der Waals surface area contributed by atoms with Gasteiger partial charge in [0.15, 0.2) is 0 Å². The Balaban J connectivity index is 1.99. The van der Waals surface area contributed by atoms with Gasteiger partial charge in [-0.1, -0.05) is 24.3 Å². The van der Waals surface area contributed by atoms with Crippen molar-refractivity contribution in [3.05, 3.63) is 63.4 Å². The third-order valence-electron chi connectivity index (χ3n) is 3.80. The van der Waals surface area contributed by atoms with Crippen LogP contribution in [0, 0.1) is 3.57 Å². The van der Waals surface area contributed by atoms with Crippen molar-refractivity contribution >= 4 is 46.5 Å². The largest absolute Gasteiger partial charge is 0.481 e. The minimum atomic E-state index is -1.26. The number of nitrogens with one attached hydrogen (secondary N) is 1. The number of benzene rings is 2. The summed E-state index contributed by atoms with van der Waals surface area (Å²) in [7, 11) is 0. The standard InChI is InChI=1S/C21H20INO6/c22-16-5-1-2-6-18(16)29-15-11-9-14(10-12-15)13-17(21(27)28)23-19(24)7-3-4-8-20(25)26/h1-2,5-6,9-13H,3-4,7-8H2,(H,23,24)(H,25,26)(H,27,28)/b17-13-. The van der Waals surface area contributed by atoms with Crippen molar-refractivity contribution in [3.8, 4) is 11.5 Å². The molecule has 3 N–H and O–H groups in total. The summed E-state index contributed by atoms with van der Waals surface area (Å²) in [6, 6.07) is 14.4. The van der Waals surface area contributed by atoms with E-state index in [-0.39, 0.29) is 18.5 Å². The molecule has 0 aromatic heterocycles. The van der Waals surface area contributed by atoms with Crippen molar-refractivity contribution in [1.29, 1.82) is 0 Å². The highest BCUT2D eigenvalue weighted by atomic mass is 127. The molecule has 2 aromatic carbocycles. The van der Waals surface area contributed by atoms with Gasteiger partial charge in [0.05, 0.1) is 3.57 Å². The maximum Gasteiger partial charge on any atom is 0.352 e. The summed E-state index contributed by atoms with van der Waals surface area (Å²) >= 11 is 2.17. The first kappa shape index (κ1) is 22.4. The number of amides is 1. The minimum absolute atomic E-state index is 0.0225. The van der Waals surface area contributed by atoms with Crippen molar-refractivity contribution in [3.63, 3.8) is 0 Å². The van der Waals surface area contributed by atoms with Crippen LogP contribution in [0.2, 0.25) is 0 Å². The third kappa shape index (κ3) is 7.94. The molecule has 0 radical (unpaired) electrons. The zero-order valence-corrected chi connectivity index (χ0v) is 17.6. The van der Waals surface area contributed by atoms with Crippen molar-refractivity contribution in [2.75, 3.05) is 0 Å². The van der Waals surface area contributed by atoms with Gasteiger partial charge in [0.1, 0.15) is 17.2 Å². The highest BCUT2D eigenvalue weighted by Crippen LogP contribution is 2.26. The molecule has 0 heterocycles. The van der Waals surface area contributed by atoms with E-state index in [0.29, 0.717) is 24.2 Å². The number of ether oxygens (including phenoxy) is 1. The summed E-state index contributed by atoms with van der Waals surface area (Å²) in [6.45, 7) is 0. The molecule has 2 rings (SSSR count). The number of para-hydroxylation sites is 1. The fraction of sp³-hybridized carbons (Fsp3) is 0.190. The van der Waals surface area contributed by atoms with Gasteiger partial charge in [-0.05, 0) is 71.3 Å². The molecule has 0 unspecified atom stereocenters. The van der Waals surface area contributed by atoms with Crippen molar-refractivity contribution in [2.24, 2.45) is 0 Å². The number of carboxylic acid groups (broad SMARTS) is 2. The number of carbonyl (C=O) groups is 3. The highest BCUT2D eigenvalue weighted by Gasteiger charge is 2.12. The summed E-state index contributed by atoms with van der Waals surface area (Å²) in [5.74, 6) is -1.33. The maximum absolute atomic E-state index is 11.9. The second-order valence-electron chi connectivity index (χ2n) is 6.11. The molecule has 0 bridgehead atoms. The molecule has 0 spiro atoms. The lowest BCUT2D eigenvalue weighted by atomic mass is 10.1. The average Bonchev–Trinajstić information content (AvgIpc) is 2.67. The lowest BCUT2D eigenvalue weighted by Gasteiger charge is -2.08. The molecule has 0 fully saturated rings. The van der Waals surface area contributed by atoms with E-state index in [2.05, 4.69) is 27.9 Å².